The molecule has 4 aliphatic carbocycles. The summed E-state index contributed by atoms with van der Waals surface area (Å²) in [7, 11) is 0. The lowest BCUT2D eigenvalue weighted by atomic mass is 9.49. The van der Waals surface area contributed by atoms with Gasteiger partial charge in [0.1, 0.15) is 0 Å². The summed E-state index contributed by atoms with van der Waals surface area (Å²) in [4.78, 5) is 28.3. The zero-order valence-electron chi connectivity index (χ0n) is 18.4. The van der Waals surface area contributed by atoms with Crippen LogP contribution >= 0.6 is 12.2 Å². The number of amides is 2. The second kappa shape index (κ2) is 8.19. The van der Waals surface area contributed by atoms with Crippen LogP contribution in [0.5, 0.6) is 0 Å². The smallest absolute Gasteiger partial charge is 0.255 e. The van der Waals surface area contributed by atoms with E-state index >= 15 is 0 Å². The predicted octanol–water partition coefficient (Wildman–Crippen LogP) is 4.59. The standard InChI is InChI=1S/C25H33N3O2S/c1-16-6-8-28(9-7-16)22(29)20-4-2-3-5-21(20)26-24(31)27-23(30)25-13-17-10-18(14-25)12-19(11-17)15-25/h2-5,16-19H,6-15H2,1H3,(H2,26,27,30,31). The number of hydrogen-bond acceptors (Lipinski definition) is 3. The first kappa shape index (κ1) is 20.9. The number of carbonyl (C=O) groups is 2. The van der Waals surface area contributed by atoms with Crippen LogP contribution in [-0.4, -0.2) is 34.9 Å². The summed E-state index contributed by atoms with van der Waals surface area (Å²) in [5.41, 5.74) is 1.05. The molecule has 31 heavy (non-hydrogen) atoms. The maximum Gasteiger partial charge on any atom is 0.255 e. The molecule has 1 aromatic carbocycles. The number of piperidine rings is 1. The molecule has 0 spiro atoms. The van der Waals surface area contributed by atoms with Crippen LogP contribution < -0.4 is 10.6 Å². The van der Waals surface area contributed by atoms with E-state index < -0.39 is 0 Å². The molecule has 0 atom stereocenters. The van der Waals surface area contributed by atoms with Crippen molar-refractivity contribution in [2.45, 2.75) is 58.3 Å². The van der Waals surface area contributed by atoms with Gasteiger partial charge in [0.15, 0.2) is 5.11 Å². The van der Waals surface area contributed by atoms with Crippen molar-refractivity contribution in [2.24, 2.45) is 29.1 Å². The lowest BCUT2D eigenvalue weighted by Gasteiger charge is -2.55. The van der Waals surface area contributed by atoms with E-state index in [1.165, 1.54) is 19.3 Å². The molecule has 166 valence electrons. The minimum absolute atomic E-state index is 0.0326. The number of rotatable bonds is 3. The van der Waals surface area contributed by atoms with Gasteiger partial charge in [0, 0.05) is 13.1 Å². The molecule has 2 amide bonds. The molecule has 4 bridgehead atoms. The normalized spacial score (nSPS) is 32.0. The molecule has 1 aromatic rings. The highest BCUT2D eigenvalue weighted by Gasteiger charge is 2.54. The van der Waals surface area contributed by atoms with E-state index in [0.29, 0.717) is 40.0 Å². The molecular weight excluding hydrogens is 406 g/mol. The number of likely N-dealkylation sites (tertiary alicyclic amines) is 1. The van der Waals surface area contributed by atoms with E-state index in [1.54, 1.807) is 0 Å². The highest BCUT2D eigenvalue weighted by Crippen LogP contribution is 2.60. The Labute approximate surface area is 190 Å². The summed E-state index contributed by atoms with van der Waals surface area (Å²) in [5, 5.41) is 6.45. The van der Waals surface area contributed by atoms with Crippen LogP contribution in [0.2, 0.25) is 0 Å². The SMILES string of the molecule is CC1CCN(C(=O)c2ccccc2NC(=S)NC(=O)C23CC4CC(CC(C4)C2)C3)CC1. The quantitative estimate of drug-likeness (QED) is 0.677. The van der Waals surface area contributed by atoms with Gasteiger partial charge in [0.2, 0.25) is 5.91 Å². The van der Waals surface area contributed by atoms with Gasteiger partial charge >= 0.3 is 0 Å². The third kappa shape index (κ3) is 4.11. The van der Waals surface area contributed by atoms with Crippen molar-refractivity contribution < 1.29 is 9.59 Å². The molecule has 5 aliphatic rings. The number of hydrogen-bond donors (Lipinski definition) is 2. The third-order valence-electron chi connectivity index (χ3n) is 8.22. The Balaban J connectivity index is 1.25. The molecule has 1 aliphatic heterocycles. The Kier molecular flexibility index (Phi) is 5.53. The topological polar surface area (TPSA) is 61.4 Å². The van der Waals surface area contributed by atoms with Crippen LogP contribution in [-0.2, 0) is 4.79 Å². The Morgan fingerprint density at radius 1 is 1.00 bits per heavy atom. The summed E-state index contributed by atoms with van der Waals surface area (Å²) >= 11 is 5.52. The monoisotopic (exact) mass is 439 g/mol. The van der Waals surface area contributed by atoms with Crippen molar-refractivity contribution in [1.29, 1.82) is 0 Å². The number of nitrogens with zero attached hydrogens (tertiary/aromatic N) is 1. The molecular formula is C25H33N3O2S. The number of carbonyl (C=O) groups excluding carboxylic acids is 2. The third-order valence-corrected chi connectivity index (χ3v) is 8.43. The van der Waals surface area contributed by atoms with Gasteiger partial charge in [-0.3, -0.25) is 9.59 Å². The molecule has 5 nitrogen and oxygen atoms in total. The van der Waals surface area contributed by atoms with Crippen LogP contribution in [0.1, 0.15) is 68.6 Å². The van der Waals surface area contributed by atoms with E-state index in [-0.39, 0.29) is 17.2 Å². The van der Waals surface area contributed by atoms with Gasteiger partial charge in [0.05, 0.1) is 16.7 Å². The number of para-hydroxylation sites is 1. The molecule has 0 unspecified atom stereocenters. The highest BCUT2D eigenvalue weighted by atomic mass is 32.1. The second-order valence-corrected chi connectivity index (χ2v) is 11.0. The Hall–Kier alpha value is -1.95. The van der Waals surface area contributed by atoms with Gasteiger partial charge in [0.25, 0.3) is 5.91 Å². The van der Waals surface area contributed by atoms with Crippen molar-refractivity contribution in [3.8, 4) is 0 Å². The van der Waals surface area contributed by atoms with Crippen molar-refractivity contribution in [3.63, 3.8) is 0 Å². The lowest BCUT2D eigenvalue weighted by Crippen LogP contribution is -2.55. The maximum absolute atomic E-state index is 13.3. The Morgan fingerprint density at radius 3 is 2.19 bits per heavy atom. The van der Waals surface area contributed by atoms with Gasteiger partial charge in [-0.1, -0.05) is 19.1 Å². The predicted molar refractivity (Wildman–Crippen MR) is 126 cm³/mol. The molecule has 4 saturated carbocycles. The fourth-order valence-electron chi connectivity index (χ4n) is 6.94. The fraction of sp³-hybridized carbons (Fsp3) is 0.640. The average Bonchev–Trinajstić information content (AvgIpc) is 2.73. The lowest BCUT2D eigenvalue weighted by molar-refractivity contribution is -0.144. The molecule has 0 aromatic heterocycles. The first-order chi connectivity index (χ1) is 14.9. The van der Waals surface area contributed by atoms with Gasteiger partial charge in [-0.15, -0.1) is 0 Å². The van der Waals surface area contributed by atoms with E-state index in [0.717, 1.165) is 45.2 Å². The minimum atomic E-state index is -0.236. The number of benzene rings is 1. The van der Waals surface area contributed by atoms with Gasteiger partial charge < -0.3 is 15.5 Å². The van der Waals surface area contributed by atoms with Gasteiger partial charge in [-0.2, -0.15) is 0 Å². The van der Waals surface area contributed by atoms with E-state index in [9.17, 15) is 9.59 Å². The maximum atomic E-state index is 13.3. The molecule has 1 saturated heterocycles. The van der Waals surface area contributed by atoms with Crippen molar-refractivity contribution >= 4 is 34.8 Å². The zero-order chi connectivity index (χ0) is 21.6. The largest absolute Gasteiger partial charge is 0.339 e. The molecule has 6 heteroatoms. The summed E-state index contributed by atoms with van der Waals surface area (Å²) < 4.78 is 0. The summed E-state index contributed by atoms with van der Waals surface area (Å²) in [6, 6.07) is 7.47. The van der Waals surface area contributed by atoms with Gasteiger partial charge in [-0.05, 0) is 99.4 Å². The summed E-state index contributed by atoms with van der Waals surface area (Å²) in [6.07, 6.45) is 9.03. The highest BCUT2D eigenvalue weighted by molar-refractivity contribution is 7.80. The fourth-order valence-corrected chi connectivity index (χ4v) is 7.14. The first-order valence-corrected chi connectivity index (χ1v) is 12.3. The Morgan fingerprint density at radius 2 is 1.58 bits per heavy atom. The number of thiocarbonyl (C=S) groups is 1. The van der Waals surface area contributed by atoms with Crippen molar-refractivity contribution in [1.82, 2.24) is 10.2 Å². The molecule has 6 rings (SSSR count). The van der Waals surface area contributed by atoms with E-state index in [1.807, 2.05) is 29.2 Å². The first-order valence-electron chi connectivity index (χ1n) is 11.9. The van der Waals surface area contributed by atoms with Crippen LogP contribution in [0.4, 0.5) is 5.69 Å². The molecule has 5 fully saturated rings. The van der Waals surface area contributed by atoms with E-state index in [4.69, 9.17) is 12.2 Å². The van der Waals surface area contributed by atoms with Crippen molar-refractivity contribution in [2.75, 3.05) is 18.4 Å². The summed E-state index contributed by atoms with van der Waals surface area (Å²) in [6.45, 7) is 3.82. The second-order valence-electron chi connectivity index (χ2n) is 10.6. The zero-order valence-corrected chi connectivity index (χ0v) is 19.2. The number of anilines is 1. The number of nitrogens with one attached hydrogen (secondary N) is 2. The van der Waals surface area contributed by atoms with E-state index in [2.05, 4.69) is 17.6 Å². The van der Waals surface area contributed by atoms with Crippen molar-refractivity contribution in [3.05, 3.63) is 29.8 Å². The van der Waals surface area contributed by atoms with Gasteiger partial charge in [-0.25, -0.2) is 0 Å². The molecule has 0 radical (unpaired) electrons. The molecule has 1 heterocycles. The Bertz CT molecular complexity index is 855. The van der Waals surface area contributed by atoms with Crippen LogP contribution in [0, 0.1) is 29.1 Å². The van der Waals surface area contributed by atoms with Crippen LogP contribution in [0.15, 0.2) is 24.3 Å². The van der Waals surface area contributed by atoms with Crippen LogP contribution in [0.3, 0.4) is 0 Å². The average molecular weight is 440 g/mol. The minimum Gasteiger partial charge on any atom is -0.339 e. The van der Waals surface area contributed by atoms with Crippen LogP contribution in [0.25, 0.3) is 0 Å². The molecule has 2 N–H and O–H groups in total. The summed E-state index contributed by atoms with van der Waals surface area (Å²) in [5.74, 6) is 2.92.